The van der Waals surface area contributed by atoms with E-state index >= 15 is 0 Å². The molecule has 0 bridgehead atoms. The first-order chi connectivity index (χ1) is 8.16. The van der Waals surface area contributed by atoms with Crippen molar-refractivity contribution in [3.8, 4) is 0 Å². The molecular formula is C11H16N2O3S. The van der Waals surface area contributed by atoms with E-state index < -0.39 is 12.0 Å². The van der Waals surface area contributed by atoms with Crippen LogP contribution in [-0.4, -0.2) is 45.2 Å². The Kier molecular flexibility index (Phi) is 2.69. The van der Waals surface area contributed by atoms with Crippen molar-refractivity contribution in [2.45, 2.75) is 43.1 Å². The summed E-state index contributed by atoms with van der Waals surface area (Å²) in [6.45, 7) is 0. The van der Waals surface area contributed by atoms with Gasteiger partial charge >= 0.3 is 12.0 Å². The van der Waals surface area contributed by atoms with Crippen molar-refractivity contribution in [2.24, 2.45) is 5.92 Å². The first-order valence-electron chi connectivity index (χ1n) is 6.10. The molecule has 1 saturated heterocycles. The Hall–Kier alpha value is -0.910. The third kappa shape index (κ3) is 2.22. The Labute approximate surface area is 104 Å². The largest absolute Gasteiger partial charge is 0.480 e. The molecule has 2 atom stereocenters. The van der Waals surface area contributed by atoms with Crippen LogP contribution in [0.4, 0.5) is 4.79 Å². The Morgan fingerprint density at radius 1 is 1.24 bits per heavy atom. The van der Waals surface area contributed by atoms with E-state index in [2.05, 4.69) is 5.32 Å². The summed E-state index contributed by atoms with van der Waals surface area (Å²) in [4.78, 5) is 24.8. The Bertz CT molecular complexity index is 355. The molecule has 3 aliphatic rings. The molecule has 2 aliphatic carbocycles. The minimum absolute atomic E-state index is 0.0786. The van der Waals surface area contributed by atoms with Crippen LogP contribution in [0, 0.1) is 5.92 Å². The van der Waals surface area contributed by atoms with Crippen LogP contribution < -0.4 is 5.32 Å². The van der Waals surface area contributed by atoms with Gasteiger partial charge in [-0.1, -0.05) is 0 Å². The highest BCUT2D eigenvalue weighted by Crippen LogP contribution is 2.45. The summed E-state index contributed by atoms with van der Waals surface area (Å²) in [6, 6.07) is -0.548. The molecule has 2 saturated carbocycles. The number of aliphatic carboxylic acids is 1. The number of thioether (sulfide) groups is 1. The second-order valence-corrected chi connectivity index (χ2v) is 6.20. The summed E-state index contributed by atoms with van der Waals surface area (Å²) in [5.41, 5.74) is 0. The van der Waals surface area contributed by atoms with E-state index in [9.17, 15) is 9.59 Å². The van der Waals surface area contributed by atoms with E-state index in [1.54, 1.807) is 16.7 Å². The molecule has 2 N–H and O–H groups in total. The molecule has 1 heterocycles. The molecule has 0 aromatic rings. The van der Waals surface area contributed by atoms with E-state index in [0.29, 0.717) is 11.7 Å². The van der Waals surface area contributed by atoms with Gasteiger partial charge in [-0.15, -0.1) is 11.8 Å². The highest BCUT2D eigenvalue weighted by molar-refractivity contribution is 8.00. The lowest BCUT2D eigenvalue weighted by Gasteiger charge is -2.27. The fraction of sp³-hybridized carbons (Fsp3) is 0.818. The molecule has 17 heavy (non-hydrogen) atoms. The molecule has 3 rings (SSSR count). The zero-order chi connectivity index (χ0) is 12.0. The number of amides is 2. The first kappa shape index (κ1) is 11.2. The van der Waals surface area contributed by atoms with Crippen LogP contribution in [0.15, 0.2) is 0 Å². The Morgan fingerprint density at radius 3 is 2.47 bits per heavy atom. The summed E-state index contributed by atoms with van der Waals surface area (Å²) in [5, 5.41) is 12.1. The molecule has 0 aromatic carbocycles. The first-order valence-corrected chi connectivity index (χ1v) is 7.15. The van der Waals surface area contributed by atoms with Gasteiger partial charge in [-0.05, 0) is 31.6 Å². The van der Waals surface area contributed by atoms with Gasteiger partial charge in [-0.2, -0.15) is 0 Å². The molecule has 2 amide bonds. The molecule has 94 valence electrons. The maximum atomic E-state index is 12.1. The van der Waals surface area contributed by atoms with Crippen molar-refractivity contribution in [2.75, 3.05) is 5.75 Å². The minimum atomic E-state index is -0.883. The normalized spacial score (nSPS) is 32.6. The summed E-state index contributed by atoms with van der Waals surface area (Å²) in [5.74, 6) is 0.148. The van der Waals surface area contributed by atoms with Crippen molar-refractivity contribution in [1.82, 2.24) is 10.2 Å². The number of carbonyl (C=O) groups is 2. The van der Waals surface area contributed by atoms with Crippen molar-refractivity contribution >= 4 is 23.8 Å². The predicted molar refractivity (Wildman–Crippen MR) is 63.8 cm³/mol. The molecule has 0 aromatic heterocycles. The lowest BCUT2D eigenvalue weighted by molar-refractivity contribution is -0.141. The SMILES string of the molecule is O=C(O)C1CSC(C2CC2)N1C(=O)NC1CC1. The second kappa shape index (κ2) is 4.08. The highest BCUT2D eigenvalue weighted by atomic mass is 32.2. The summed E-state index contributed by atoms with van der Waals surface area (Å²) >= 11 is 1.62. The number of carbonyl (C=O) groups excluding carboxylic acids is 1. The van der Waals surface area contributed by atoms with Crippen LogP contribution in [0.3, 0.4) is 0 Å². The van der Waals surface area contributed by atoms with Gasteiger partial charge in [0.15, 0.2) is 0 Å². The van der Waals surface area contributed by atoms with Gasteiger partial charge in [0.2, 0.25) is 0 Å². The van der Waals surface area contributed by atoms with Crippen molar-refractivity contribution in [3.05, 3.63) is 0 Å². The van der Waals surface area contributed by atoms with Crippen LogP contribution in [-0.2, 0) is 4.79 Å². The minimum Gasteiger partial charge on any atom is -0.480 e. The number of carboxylic acids is 1. The average Bonchev–Trinajstić information content (AvgIpc) is 3.18. The van der Waals surface area contributed by atoms with E-state index in [0.717, 1.165) is 25.7 Å². The zero-order valence-corrected chi connectivity index (χ0v) is 10.3. The predicted octanol–water partition coefficient (Wildman–Crippen LogP) is 1.10. The topological polar surface area (TPSA) is 69.6 Å². The van der Waals surface area contributed by atoms with Crippen LogP contribution in [0.2, 0.25) is 0 Å². The molecule has 5 nitrogen and oxygen atoms in total. The standard InChI is InChI=1S/C11H16N2O3S/c14-10(15)8-5-17-9(6-1-2-6)13(8)11(16)12-7-3-4-7/h6-9H,1-5H2,(H,12,16)(H,14,15). The smallest absolute Gasteiger partial charge is 0.327 e. The summed E-state index contributed by atoms with van der Waals surface area (Å²) < 4.78 is 0. The van der Waals surface area contributed by atoms with E-state index in [4.69, 9.17) is 5.11 Å². The molecule has 2 unspecified atom stereocenters. The number of urea groups is 1. The molecular weight excluding hydrogens is 240 g/mol. The van der Waals surface area contributed by atoms with Gasteiger partial charge in [-0.25, -0.2) is 9.59 Å². The van der Waals surface area contributed by atoms with Crippen LogP contribution >= 0.6 is 11.8 Å². The summed E-state index contributed by atoms with van der Waals surface area (Å²) in [7, 11) is 0. The highest BCUT2D eigenvalue weighted by Gasteiger charge is 2.48. The van der Waals surface area contributed by atoms with Crippen molar-refractivity contribution < 1.29 is 14.7 Å². The molecule has 3 fully saturated rings. The monoisotopic (exact) mass is 256 g/mol. The molecule has 1 aliphatic heterocycles. The van der Waals surface area contributed by atoms with Gasteiger partial charge in [0.25, 0.3) is 0 Å². The van der Waals surface area contributed by atoms with Gasteiger partial charge in [-0.3, -0.25) is 4.90 Å². The lowest BCUT2D eigenvalue weighted by atomic mass is 10.2. The van der Waals surface area contributed by atoms with Gasteiger partial charge in [0.1, 0.15) is 6.04 Å². The quantitative estimate of drug-likeness (QED) is 0.793. The van der Waals surface area contributed by atoms with E-state index in [-0.39, 0.29) is 17.4 Å². The van der Waals surface area contributed by atoms with Crippen molar-refractivity contribution in [3.63, 3.8) is 0 Å². The average molecular weight is 256 g/mol. The molecule has 0 radical (unpaired) electrons. The molecule has 6 heteroatoms. The second-order valence-electron chi connectivity index (χ2n) is 5.05. The van der Waals surface area contributed by atoms with Crippen LogP contribution in [0.25, 0.3) is 0 Å². The lowest BCUT2D eigenvalue weighted by Crippen LogP contribution is -2.51. The number of rotatable bonds is 3. The van der Waals surface area contributed by atoms with Crippen LogP contribution in [0.1, 0.15) is 25.7 Å². The van der Waals surface area contributed by atoms with Gasteiger partial charge in [0.05, 0.1) is 5.37 Å². The van der Waals surface area contributed by atoms with Crippen LogP contribution in [0.5, 0.6) is 0 Å². The zero-order valence-electron chi connectivity index (χ0n) is 9.46. The van der Waals surface area contributed by atoms with Gasteiger partial charge in [0, 0.05) is 11.8 Å². The maximum absolute atomic E-state index is 12.1. The van der Waals surface area contributed by atoms with E-state index in [1.165, 1.54) is 0 Å². The Morgan fingerprint density at radius 2 is 1.94 bits per heavy atom. The van der Waals surface area contributed by atoms with Gasteiger partial charge < -0.3 is 10.4 Å². The third-order valence-corrected chi connectivity index (χ3v) is 4.95. The third-order valence-electron chi connectivity index (χ3n) is 3.48. The van der Waals surface area contributed by atoms with E-state index in [1.807, 2.05) is 0 Å². The molecule has 0 spiro atoms. The van der Waals surface area contributed by atoms with Crippen molar-refractivity contribution in [1.29, 1.82) is 0 Å². The number of carboxylic acid groups (broad SMARTS) is 1. The number of hydrogen-bond donors (Lipinski definition) is 2. The number of nitrogens with zero attached hydrogens (tertiary/aromatic N) is 1. The fourth-order valence-electron chi connectivity index (χ4n) is 2.20. The summed E-state index contributed by atoms with van der Waals surface area (Å²) in [6.07, 6.45) is 4.30. The number of hydrogen-bond acceptors (Lipinski definition) is 3. The Balaban J connectivity index is 1.73. The maximum Gasteiger partial charge on any atom is 0.327 e. The number of nitrogens with one attached hydrogen (secondary N) is 1. The fourth-order valence-corrected chi connectivity index (χ4v) is 3.83.